The second kappa shape index (κ2) is 5.61. The molecule has 1 unspecified atom stereocenters. The number of likely N-dealkylation sites (N-methyl/N-ethyl adjacent to an activating group) is 1. The molecule has 0 aliphatic heterocycles. The zero-order chi connectivity index (χ0) is 14.0. The van der Waals surface area contributed by atoms with E-state index in [9.17, 15) is 18.9 Å². The molecule has 0 saturated heterocycles. The number of nitro benzene ring substituents is 1. The molecule has 1 aromatic rings. The molecule has 0 aromatic heterocycles. The third-order valence-corrected chi connectivity index (χ3v) is 3.39. The van der Waals surface area contributed by atoms with E-state index in [1.54, 1.807) is 0 Å². The van der Waals surface area contributed by atoms with Crippen molar-refractivity contribution in [2.75, 3.05) is 6.54 Å². The minimum atomic E-state index is -1.11. The van der Waals surface area contributed by atoms with Crippen molar-refractivity contribution < 1.29 is 13.7 Å². The summed E-state index contributed by atoms with van der Waals surface area (Å²) in [5.41, 5.74) is -0.481. The molecule has 0 spiro atoms. The fourth-order valence-electron chi connectivity index (χ4n) is 2.38. The summed E-state index contributed by atoms with van der Waals surface area (Å²) in [7, 11) is 0. The molecule has 1 aliphatic rings. The van der Waals surface area contributed by atoms with Crippen LogP contribution in [0.15, 0.2) is 12.1 Å². The van der Waals surface area contributed by atoms with Crippen LogP contribution in [0.1, 0.15) is 25.3 Å². The Bertz CT molecular complexity index is 490. The smallest absolute Gasteiger partial charge is 0.308 e. The topological polar surface area (TPSA) is 55.2 Å². The van der Waals surface area contributed by atoms with Gasteiger partial charge in [0, 0.05) is 17.7 Å². The van der Waals surface area contributed by atoms with E-state index in [-0.39, 0.29) is 18.0 Å². The number of nitrogens with zero attached hydrogens (tertiary/aromatic N) is 1. The van der Waals surface area contributed by atoms with Gasteiger partial charge in [-0.05, 0) is 37.8 Å². The Morgan fingerprint density at radius 3 is 2.68 bits per heavy atom. The highest BCUT2D eigenvalue weighted by molar-refractivity contribution is 5.42. The summed E-state index contributed by atoms with van der Waals surface area (Å²) >= 11 is 0. The predicted octanol–water partition coefficient (Wildman–Crippen LogP) is 2.80. The molecule has 1 aliphatic carbocycles. The molecule has 1 atom stereocenters. The van der Waals surface area contributed by atoms with Gasteiger partial charge in [-0.25, -0.2) is 4.39 Å². The van der Waals surface area contributed by atoms with Gasteiger partial charge in [-0.1, -0.05) is 6.92 Å². The molecule has 2 rings (SSSR count). The Balaban J connectivity index is 2.29. The zero-order valence-corrected chi connectivity index (χ0v) is 10.7. The summed E-state index contributed by atoms with van der Waals surface area (Å²) in [6.45, 7) is 2.67. The van der Waals surface area contributed by atoms with Crippen molar-refractivity contribution in [3.05, 3.63) is 39.4 Å². The lowest BCUT2D eigenvalue weighted by Crippen LogP contribution is -2.33. The Morgan fingerprint density at radius 1 is 1.47 bits per heavy atom. The van der Waals surface area contributed by atoms with E-state index in [1.807, 2.05) is 6.92 Å². The first-order chi connectivity index (χ1) is 9.02. The number of nitro groups is 1. The molecule has 1 fully saturated rings. The molecule has 104 valence electrons. The van der Waals surface area contributed by atoms with Gasteiger partial charge in [-0.2, -0.15) is 4.39 Å². The molecule has 0 radical (unpaired) electrons. The van der Waals surface area contributed by atoms with Crippen molar-refractivity contribution >= 4 is 5.69 Å². The van der Waals surface area contributed by atoms with Crippen LogP contribution in [0.5, 0.6) is 0 Å². The molecule has 0 bridgehead atoms. The van der Waals surface area contributed by atoms with Gasteiger partial charge in [0.2, 0.25) is 5.82 Å². The quantitative estimate of drug-likeness (QED) is 0.638. The second-order valence-corrected chi connectivity index (χ2v) is 4.86. The van der Waals surface area contributed by atoms with Crippen LogP contribution in [-0.4, -0.2) is 17.5 Å². The molecular formula is C13H16F2N2O2. The third-order valence-electron chi connectivity index (χ3n) is 3.39. The highest BCUT2D eigenvalue weighted by atomic mass is 19.1. The van der Waals surface area contributed by atoms with E-state index in [0.717, 1.165) is 25.5 Å². The van der Waals surface area contributed by atoms with E-state index in [0.29, 0.717) is 12.0 Å². The van der Waals surface area contributed by atoms with Crippen LogP contribution in [-0.2, 0) is 6.42 Å². The van der Waals surface area contributed by atoms with Crippen LogP contribution < -0.4 is 5.32 Å². The molecule has 0 amide bonds. The maximum absolute atomic E-state index is 13.5. The second-order valence-electron chi connectivity index (χ2n) is 4.86. The highest BCUT2D eigenvalue weighted by Gasteiger charge is 2.33. The van der Waals surface area contributed by atoms with E-state index in [2.05, 4.69) is 5.32 Å². The van der Waals surface area contributed by atoms with E-state index < -0.39 is 22.2 Å². The van der Waals surface area contributed by atoms with Gasteiger partial charge in [-0.15, -0.1) is 0 Å². The molecule has 1 saturated carbocycles. The van der Waals surface area contributed by atoms with Crippen LogP contribution in [0.25, 0.3) is 0 Å². The highest BCUT2D eigenvalue weighted by Crippen LogP contribution is 2.35. The predicted molar refractivity (Wildman–Crippen MR) is 66.9 cm³/mol. The van der Waals surface area contributed by atoms with Gasteiger partial charge >= 0.3 is 5.69 Å². The van der Waals surface area contributed by atoms with Crippen molar-refractivity contribution in [3.8, 4) is 0 Å². The lowest BCUT2D eigenvalue weighted by molar-refractivity contribution is -0.388. The average molecular weight is 270 g/mol. The van der Waals surface area contributed by atoms with Crippen LogP contribution in [0, 0.1) is 27.7 Å². The van der Waals surface area contributed by atoms with Crippen molar-refractivity contribution in [3.63, 3.8) is 0 Å². The molecular weight excluding hydrogens is 254 g/mol. The van der Waals surface area contributed by atoms with Crippen molar-refractivity contribution in [1.29, 1.82) is 0 Å². The van der Waals surface area contributed by atoms with E-state index in [4.69, 9.17) is 0 Å². The largest absolute Gasteiger partial charge is 0.314 e. The molecule has 1 aromatic carbocycles. The molecule has 0 heterocycles. The van der Waals surface area contributed by atoms with E-state index in [1.165, 1.54) is 0 Å². The van der Waals surface area contributed by atoms with Gasteiger partial charge in [-0.3, -0.25) is 10.1 Å². The minimum Gasteiger partial charge on any atom is -0.314 e. The number of nitrogens with one attached hydrogen (secondary N) is 1. The van der Waals surface area contributed by atoms with Gasteiger partial charge in [0.15, 0.2) is 0 Å². The zero-order valence-electron chi connectivity index (χ0n) is 10.7. The summed E-state index contributed by atoms with van der Waals surface area (Å²) < 4.78 is 26.8. The van der Waals surface area contributed by atoms with Crippen LogP contribution in [0.3, 0.4) is 0 Å². The summed E-state index contributed by atoms with van der Waals surface area (Å²) in [6.07, 6.45) is 2.40. The molecule has 19 heavy (non-hydrogen) atoms. The monoisotopic (exact) mass is 270 g/mol. The third kappa shape index (κ3) is 3.26. The average Bonchev–Trinajstić information content (AvgIpc) is 3.10. The number of rotatable bonds is 6. The fourth-order valence-corrected chi connectivity index (χ4v) is 2.38. The van der Waals surface area contributed by atoms with E-state index >= 15 is 0 Å². The SMILES string of the molecule is CCNC(Cc1cc(F)cc(F)c1[N+](=O)[O-])C1CC1. The lowest BCUT2D eigenvalue weighted by Gasteiger charge is -2.17. The van der Waals surface area contributed by atoms with Crippen LogP contribution in [0.2, 0.25) is 0 Å². The minimum absolute atomic E-state index is 0.0462. The Hall–Kier alpha value is -1.56. The van der Waals surface area contributed by atoms with Crippen molar-refractivity contribution in [1.82, 2.24) is 5.32 Å². The molecule has 4 nitrogen and oxygen atoms in total. The molecule has 6 heteroatoms. The maximum Gasteiger partial charge on any atom is 0.308 e. The van der Waals surface area contributed by atoms with Crippen LogP contribution >= 0.6 is 0 Å². The Labute approximate surface area is 110 Å². The lowest BCUT2D eigenvalue weighted by atomic mass is 10.00. The summed E-state index contributed by atoms with van der Waals surface area (Å²) in [5.74, 6) is -1.43. The summed E-state index contributed by atoms with van der Waals surface area (Å²) in [4.78, 5) is 10.1. The normalized spacial score (nSPS) is 16.4. The van der Waals surface area contributed by atoms with Crippen molar-refractivity contribution in [2.45, 2.75) is 32.2 Å². The number of benzene rings is 1. The summed E-state index contributed by atoms with van der Waals surface area (Å²) in [6, 6.07) is 1.67. The Morgan fingerprint density at radius 2 is 2.16 bits per heavy atom. The van der Waals surface area contributed by atoms with Crippen LogP contribution in [0.4, 0.5) is 14.5 Å². The molecule has 1 N–H and O–H groups in total. The van der Waals surface area contributed by atoms with Gasteiger partial charge in [0.05, 0.1) is 4.92 Å². The van der Waals surface area contributed by atoms with Gasteiger partial charge in [0.1, 0.15) is 5.82 Å². The summed E-state index contributed by atoms with van der Waals surface area (Å²) in [5, 5.41) is 14.1. The van der Waals surface area contributed by atoms with Gasteiger partial charge < -0.3 is 5.32 Å². The fraction of sp³-hybridized carbons (Fsp3) is 0.538. The van der Waals surface area contributed by atoms with Crippen molar-refractivity contribution in [2.24, 2.45) is 5.92 Å². The first kappa shape index (κ1) is 13.9. The first-order valence-electron chi connectivity index (χ1n) is 6.38. The van der Waals surface area contributed by atoms with Gasteiger partial charge in [0.25, 0.3) is 0 Å². The maximum atomic E-state index is 13.5. The number of hydrogen-bond donors (Lipinski definition) is 1. The number of hydrogen-bond acceptors (Lipinski definition) is 3. The Kier molecular flexibility index (Phi) is 4.09. The first-order valence-corrected chi connectivity index (χ1v) is 6.38. The standard InChI is InChI=1S/C13H16F2N2O2/c1-2-16-12(8-3-4-8)6-9-5-10(14)7-11(15)13(9)17(18)19/h5,7-8,12,16H,2-4,6H2,1H3. The number of halogens is 2.